The van der Waals surface area contributed by atoms with Crippen molar-refractivity contribution in [1.82, 2.24) is 19.5 Å². The number of hydrogen-bond acceptors (Lipinski definition) is 5. The summed E-state index contributed by atoms with van der Waals surface area (Å²) < 4.78 is 11.3. The molecule has 0 amide bonds. The summed E-state index contributed by atoms with van der Waals surface area (Å²) in [7, 11) is 0. The van der Waals surface area contributed by atoms with Gasteiger partial charge in [0.25, 0.3) is 0 Å². The van der Waals surface area contributed by atoms with Gasteiger partial charge in [0.2, 0.25) is 0 Å². The highest BCUT2D eigenvalue weighted by atomic mass is 32.1. The maximum absolute atomic E-state index is 6.22. The molecule has 282 valence electrons. The number of furan rings is 1. The summed E-state index contributed by atoms with van der Waals surface area (Å²) in [6.45, 7) is 0. The second-order valence-electron chi connectivity index (χ2n) is 15.9. The second-order valence-corrected chi connectivity index (χ2v) is 17.0. The van der Waals surface area contributed by atoms with E-state index in [9.17, 15) is 0 Å². The average Bonchev–Trinajstić information content (AvgIpc) is 3.81. The molecular formula is C55H30N4OS. The van der Waals surface area contributed by atoms with Crippen LogP contribution in [0.4, 0.5) is 0 Å². The topological polar surface area (TPSA) is 56.7 Å². The summed E-state index contributed by atoms with van der Waals surface area (Å²) >= 11 is 1.88. The highest BCUT2D eigenvalue weighted by molar-refractivity contribution is 7.24. The van der Waals surface area contributed by atoms with Crippen molar-refractivity contribution in [1.29, 1.82) is 0 Å². The van der Waals surface area contributed by atoms with Crippen LogP contribution in [0.2, 0.25) is 0 Å². The van der Waals surface area contributed by atoms with Crippen LogP contribution in [0.5, 0.6) is 0 Å². The first kappa shape index (κ1) is 33.0. The maximum atomic E-state index is 6.22. The fraction of sp³-hybridized carbons (Fsp3) is 0. The van der Waals surface area contributed by atoms with E-state index in [0.717, 1.165) is 65.9 Å². The number of fused-ring (bicyclic) bond motifs is 5. The van der Waals surface area contributed by atoms with E-state index in [-0.39, 0.29) is 0 Å². The van der Waals surface area contributed by atoms with Crippen molar-refractivity contribution in [3.63, 3.8) is 0 Å². The fourth-order valence-electron chi connectivity index (χ4n) is 9.94. The SMILES string of the molecule is c1ccc2c(-c3nc(-c4ccc5oc6ccccc6c5c4)nc(-c4cccc5c(-n6c7ccc8cccc9sc%10cccc%11ccc6c(c%11%10)c7c89)cccc45)n3)cccc2c1. The van der Waals surface area contributed by atoms with Gasteiger partial charge in [-0.1, -0.05) is 127 Å². The van der Waals surface area contributed by atoms with Crippen molar-refractivity contribution in [2.45, 2.75) is 0 Å². The third-order valence-corrected chi connectivity index (χ3v) is 13.7. The Balaban J connectivity index is 1.04. The maximum Gasteiger partial charge on any atom is 0.164 e. The van der Waals surface area contributed by atoms with Crippen LogP contribution in [0, 0.1) is 0 Å². The van der Waals surface area contributed by atoms with Crippen molar-refractivity contribution in [3.05, 3.63) is 182 Å². The molecular weight excluding hydrogens is 765 g/mol. The molecule has 0 aliphatic carbocycles. The van der Waals surface area contributed by atoms with Crippen molar-refractivity contribution < 1.29 is 4.42 Å². The molecule has 10 aromatic carbocycles. The molecule has 5 nitrogen and oxygen atoms in total. The molecule has 61 heavy (non-hydrogen) atoms. The second kappa shape index (κ2) is 12.3. The number of aromatic nitrogens is 4. The Kier molecular flexibility index (Phi) is 6.65. The van der Waals surface area contributed by atoms with E-state index in [1.165, 1.54) is 52.8 Å². The lowest BCUT2D eigenvalue weighted by Gasteiger charge is -2.15. The third-order valence-electron chi connectivity index (χ3n) is 12.6. The Hall–Kier alpha value is -7.93. The Labute approximate surface area is 351 Å². The lowest BCUT2D eigenvalue weighted by atomic mass is 10.00. The van der Waals surface area contributed by atoms with E-state index in [1.54, 1.807) is 0 Å². The highest BCUT2D eigenvalue weighted by Crippen LogP contribution is 2.47. The Morgan fingerprint density at radius 1 is 0.377 bits per heavy atom. The van der Waals surface area contributed by atoms with Gasteiger partial charge in [-0.25, -0.2) is 15.0 Å². The summed E-state index contributed by atoms with van der Waals surface area (Å²) in [5.74, 6) is 1.85. The molecule has 0 aliphatic heterocycles. The average molecular weight is 795 g/mol. The van der Waals surface area contributed by atoms with Gasteiger partial charge in [0.05, 0.1) is 16.7 Å². The summed E-state index contributed by atoms with van der Waals surface area (Å²) in [6.07, 6.45) is 0. The fourth-order valence-corrected chi connectivity index (χ4v) is 11.1. The number of hydrogen-bond donors (Lipinski definition) is 0. The van der Waals surface area contributed by atoms with Crippen LogP contribution in [0.25, 0.3) is 136 Å². The van der Waals surface area contributed by atoms with Crippen LogP contribution < -0.4 is 0 Å². The lowest BCUT2D eigenvalue weighted by Crippen LogP contribution is -2.01. The summed E-state index contributed by atoms with van der Waals surface area (Å²) in [4.78, 5) is 15.9. The zero-order valence-corrected chi connectivity index (χ0v) is 33.2. The summed E-state index contributed by atoms with van der Waals surface area (Å²) in [5.41, 5.74) is 7.99. The molecule has 0 spiro atoms. The van der Waals surface area contributed by atoms with E-state index in [0.29, 0.717) is 17.5 Å². The molecule has 0 saturated carbocycles. The summed E-state index contributed by atoms with van der Waals surface area (Å²) in [6, 6.07) is 64.9. The molecule has 0 radical (unpaired) electrons. The van der Waals surface area contributed by atoms with Gasteiger partial charge in [0.1, 0.15) is 11.2 Å². The van der Waals surface area contributed by atoms with Crippen molar-refractivity contribution in [3.8, 4) is 39.9 Å². The van der Waals surface area contributed by atoms with E-state index >= 15 is 0 Å². The highest BCUT2D eigenvalue weighted by Gasteiger charge is 2.23. The quantitative estimate of drug-likeness (QED) is 0.178. The number of nitrogens with zero attached hydrogens (tertiary/aromatic N) is 4. The minimum absolute atomic E-state index is 0.605. The van der Waals surface area contributed by atoms with Crippen LogP contribution >= 0.6 is 11.3 Å². The van der Waals surface area contributed by atoms with E-state index in [1.807, 2.05) is 35.6 Å². The van der Waals surface area contributed by atoms with Gasteiger partial charge in [0.15, 0.2) is 17.5 Å². The van der Waals surface area contributed by atoms with Crippen LogP contribution in [0.3, 0.4) is 0 Å². The van der Waals surface area contributed by atoms with Gasteiger partial charge in [-0.05, 0) is 81.5 Å². The monoisotopic (exact) mass is 794 g/mol. The van der Waals surface area contributed by atoms with Gasteiger partial charge in [-0.15, -0.1) is 11.3 Å². The molecule has 0 fully saturated rings. The minimum atomic E-state index is 0.605. The van der Waals surface area contributed by atoms with Crippen LogP contribution in [0.1, 0.15) is 0 Å². The molecule has 6 heteroatoms. The van der Waals surface area contributed by atoms with Crippen molar-refractivity contribution in [2.24, 2.45) is 0 Å². The van der Waals surface area contributed by atoms with Crippen LogP contribution in [-0.2, 0) is 0 Å². The van der Waals surface area contributed by atoms with E-state index in [4.69, 9.17) is 19.4 Å². The van der Waals surface area contributed by atoms with Gasteiger partial charge in [0, 0.05) is 63.8 Å². The number of benzene rings is 10. The van der Waals surface area contributed by atoms with Crippen molar-refractivity contribution >= 4 is 108 Å². The third kappa shape index (κ3) is 4.68. The van der Waals surface area contributed by atoms with Gasteiger partial charge >= 0.3 is 0 Å². The van der Waals surface area contributed by atoms with Crippen LogP contribution in [-0.4, -0.2) is 19.5 Å². The predicted octanol–water partition coefficient (Wildman–Crippen LogP) is 15.1. The normalized spacial score (nSPS) is 12.3. The van der Waals surface area contributed by atoms with Gasteiger partial charge in [-0.3, -0.25) is 0 Å². The standard InChI is InChI=1S/C55H30N4OS/c1-2-14-35-31(10-1)11-5-18-39(35)54-56-53(34-26-29-46-41(30-34)38-15-3-4-21-45(38)60-46)57-55(58-54)40-19-8-17-37-36(40)16-9-20-42(37)59-43-27-24-32-12-6-22-47-49(32)51(43)52-44(59)28-25-33-13-7-23-48(61-47)50(33)52/h1-30H. The molecule has 4 aromatic heterocycles. The molecule has 0 bridgehead atoms. The zero-order chi connectivity index (χ0) is 39.8. The van der Waals surface area contributed by atoms with E-state index < -0.39 is 0 Å². The van der Waals surface area contributed by atoms with E-state index in [2.05, 4.69) is 162 Å². The van der Waals surface area contributed by atoms with Gasteiger partial charge < -0.3 is 8.98 Å². The molecule has 14 rings (SSSR count). The summed E-state index contributed by atoms with van der Waals surface area (Å²) in [5, 5.41) is 14.3. The predicted molar refractivity (Wildman–Crippen MR) is 254 cm³/mol. The molecule has 4 heterocycles. The van der Waals surface area contributed by atoms with Crippen molar-refractivity contribution in [2.75, 3.05) is 0 Å². The van der Waals surface area contributed by atoms with Gasteiger partial charge in [-0.2, -0.15) is 0 Å². The molecule has 14 aromatic rings. The first-order valence-electron chi connectivity index (χ1n) is 20.5. The van der Waals surface area contributed by atoms with Crippen LogP contribution in [0.15, 0.2) is 186 Å². The Bertz CT molecular complexity index is 4030. The Morgan fingerprint density at radius 2 is 0.934 bits per heavy atom. The zero-order valence-electron chi connectivity index (χ0n) is 32.4. The first-order chi connectivity index (χ1) is 30.2. The number of rotatable bonds is 4. The molecule has 0 aliphatic rings. The molecule has 0 N–H and O–H groups in total. The Morgan fingerprint density at radius 3 is 1.70 bits per heavy atom. The number of para-hydroxylation sites is 1. The first-order valence-corrected chi connectivity index (χ1v) is 21.3. The molecule has 0 atom stereocenters. The molecule has 0 saturated heterocycles. The smallest absolute Gasteiger partial charge is 0.164 e. The largest absolute Gasteiger partial charge is 0.456 e. The minimum Gasteiger partial charge on any atom is -0.456 e. The molecule has 0 unspecified atom stereocenters. The lowest BCUT2D eigenvalue weighted by molar-refractivity contribution is 0.669.